The topological polar surface area (TPSA) is 57.6 Å². The number of fused-ring (bicyclic) bond motifs is 1. The van der Waals surface area contributed by atoms with E-state index < -0.39 is 17.9 Å². The number of nitrogens with zero attached hydrogens (tertiary/aromatic N) is 3. The summed E-state index contributed by atoms with van der Waals surface area (Å²) >= 11 is 0. The molecule has 0 saturated carbocycles. The van der Waals surface area contributed by atoms with Crippen molar-refractivity contribution in [2.24, 2.45) is 0 Å². The zero-order chi connectivity index (χ0) is 27.6. The number of hydrogen-bond acceptors (Lipinski definition) is 3. The molecule has 6 nitrogen and oxygen atoms in total. The van der Waals surface area contributed by atoms with Crippen molar-refractivity contribution in [1.82, 2.24) is 19.7 Å². The number of alkyl halides is 3. The molecular weight excluding hydrogens is 512 g/mol. The summed E-state index contributed by atoms with van der Waals surface area (Å²) in [5.74, 6) is -2.69. The normalized spacial score (nSPS) is 17.2. The van der Waals surface area contributed by atoms with E-state index in [1.165, 1.54) is 31.0 Å². The quantitative estimate of drug-likeness (QED) is 0.423. The number of amides is 2. The third-order valence-corrected chi connectivity index (χ3v) is 7.87. The predicted molar refractivity (Wildman–Crippen MR) is 140 cm³/mol. The van der Waals surface area contributed by atoms with Gasteiger partial charge in [-0.05, 0) is 68.0 Å². The Morgan fingerprint density at radius 1 is 0.949 bits per heavy atom. The molecule has 0 spiro atoms. The molecule has 0 unspecified atom stereocenters. The lowest BCUT2D eigenvalue weighted by Gasteiger charge is -2.32. The molecule has 3 heterocycles. The molecule has 39 heavy (non-hydrogen) atoms. The number of halogens is 4. The van der Waals surface area contributed by atoms with Gasteiger partial charge in [0.1, 0.15) is 5.82 Å². The highest BCUT2D eigenvalue weighted by atomic mass is 19.4. The summed E-state index contributed by atoms with van der Waals surface area (Å²) in [5.41, 5.74) is 2.49. The minimum Gasteiger partial charge on any atom is -0.345 e. The van der Waals surface area contributed by atoms with Crippen molar-refractivity contribution >= 4 is 22.7 Å². The number of hydrogen-bond donors (Lipinski definition) is 1. The van der Waals surface area contributed by atoms with Crippen molar-refractivity contribution in [3.63, 3.8) is 0 Å². The summed E-state index contributed by atoms with van der Waals surface area (Å²) in [6.45, 7) is 4.55. The summed E-state index contributed by atoms with van der Waals surface area (Å²) in [7, 11) is 0. The Morgan fingerprint density at radius 3 is 2.38 bits per heavy atom. The summed E-state index contributed by atoms with van der Waals surface area (Å²) in [6.07, 6.45) is 0.517. The van der Waals surface area contributed by atoms with Crippen LogP contribution in [-0.4, -0.2) is 65.1 Å². The summed E-state index contributed by atoms with van der Waals surface area (Å²) in [4.78, 5) is 29.0. The first-order valence-corrected chi connectivity index (χ1v) is 13.4. The van der Waals surface area contributed by atoms with Crippen LogP contribution in [0.25, 0.3) is 10.9 Å². The Hall–Kier alpha value is -3.40. The Morgan fingerprint density at radius 2 is 1.67 bits per heavy atom. The summed E-state index contributed by atoms with van der Waals surface area (Å²) in [6, 6.07) is 12.0. The molecule has 1 aromatic heterocycles. The molecule has 2 aromatic carbocycles. The fourth-order valence-electron chi connectivity index (χ4n) is 5.72. The number of rotatable bonds is 7. The SMILES string of the molecule is O=C(c1cn(CCN2CCCC2)c2ccccc12)N1CCC(c2cc(CNC(=O)C(F)(F)F)ccc2F)CC1. The smallest absolute Gasteiger partial charge is 0.345 e. The molecule has 1 N–H and O–H groups in total. The first kappa shape index (κ1) is 27.2. The van der Waals surface area contributed by atoms with Crippen LogP contribution < -0.4 is 5.32 Å². The number of aromatic nitrogens is 1. The van der Waals surface area contributed by atoms with Gasteiger partial charge >= 0.3 is 12.1 Å². The van der Waals surface area contributed by atoms with E-state index >= 15 is 0 Å². The zero-order valence-corrected chi connectivity index (χ0v) is 21.6. The molecule has 0 atom stereocenters. The van der Waals surface area contributed by atoms with Crippen molar-refractivity contribution in [1.29, 1.82) is 0 Å². The molecule has 0 aliphatic carbocycles. The van der Waals surface area contributed by atoms with Crippen LogP contribution in [0.3, 0.4) is 0 Å². The van der Waals surface area contributed by atoms with Gasteiger partial charge in [-0.15, -0.1) is 0 Å². The van der Waals surface area contributed by atoms with Gasteiger partial charge in [0.2, 0.25) is 0 Å². The highest BCUT2D eigenvalue weighted by Gasteiger charge is 2.38. The van der Waals surface area contributed by atoms with Crippen LogP contribution in [-0.2, 0) is 17.9 Å². The van der Waals surface area contributed by atoms with Gasteiger partial charge in [0, 0.05) is 49.8 Å². The van der Waals surface area contributed by atoms with Gasteiger partial charge in [-0.1, -0.05) is 30.3 Å². The number of para-hydroxylation sites is 1. The maximum absolute atomic E-state index is 14.7. The third kappa shape index (κ3) is 6.11. The number of nitrogens with one attached hydrogen (secondary N) is 1. The number of piperidine rings is 1. The van der Waals surface area contributed by atoms with Crippen LogP contribution in [0.5, 0.6) is 0 Å². The van der Waals surface area contributed by atoms with Crippen LogP contribution >= 0.6 is 0 Å². The molecule has 2 aliphatic rings. The largest absolute Gasteiger partial charge is 0.471 e. The van der Waals surface area contributed by atoms with Crippen molar-refractivity contribution in [3.8, 4) is 0 Å². The van der Waals surface area contributed by atoms with E-state index in [9.17, 15) is 27.2 Å². The van der Waals surface area contributed by atoms with Crippen molar-refractivity contribution in [2.75, 3.05) is 32.7 Å². The van der Waals surface area contributed by atoms with Crippen LogP contribution in [0.4, 0.5) is 17.6 Å². The van der Waals surface area contributed by atoms with Crippen molar-refractivity contribution in [2.45, 2.75) is 50.9 Å². The van der Waals surface area contributed by atoms with E-state index in [1.807, 2.05) is 35.8 Å². The van der Waals surface area contributed by atoms with Crippen LogP contribution in [0.2, 0.25) is 0 Å². The third-order valence-electron chi connectivity index (χ3n) is 7.87. The van der Waals surface area contributed by atoms with Crippen LogP contribution in [0, 0.1) is 5.82 Å². The minimum atomic E-state index is -4.97. The van der Waals surface area contributed by atoms with E-state index in [4.69, 9.17) is 0 Å². The standard InChI is InChI=1S/C29H32F4N4O2/c30-25-8-7-20(18-34-28(39)29(31,32)33)17-23(25)21-9-13-36(14-10-21)27(38)24-19-37(16-15-35-11-3-4-12-35)26-6-2-1-5-22(24)26/h1-2,5-8,17,19,21H,3-4,9-16,18H2,(H,34,39). The molecule has 3 aromatic rings. The fourth-order valence-corrected chi connectivity index (χ4v) is 5.72. The second-order valence-electron chi connectivity index (χ2n) is 10.4. The van der Waals surface area contributed by atoms with Gasteiger partial charge < -0.3 is 19.7 Å². The van der Waals surface area contributed by atoms with Crippen LogP contribution in [0.1, 0.15) is 53.1 Å². The molecule has 5 rings (SSSR count). The maximum atomic E-state index is 14.7. The number of likely N-dealkylation sites (tertiary alicyclic amines) is 2. The molecule has 2 saturated heterocycles. The van der Waals surface area contributed by atoms with Gasteiger partial charge in [-0.3, -0.25) is 9.59 Å². The van der Waals surface area contributed by atoms with Gasteiger partial charge in [0.05, 0.1) is 5.56 Å². The second-order valence-corrected chi connectivity index (χ2v) is 10.4. The second kappa shape index (κ2) is 11.4. The molecule has 208 valence electrons. The highest BCUT2D eigenvalue weighted by molar-refractivity contribution is 6.07. The lowest BCUT2D eigenvalue weighted by Crippen LogP contribution is -2.38. The molecule has 10 heteroatoms. The van der Waals surface area contributed by atoms with Crippen LogP contribution in [0.15, 0.2) is 48.7 Å². The fraction of sp³-hybridized carbons (Fsp3) is 0.448. The molecular formula is C29H32F4N4O2. The van der Waals surface area contributed by atoms with E-state index in [0.29, 0.717) is 42.6 Å². The summed E-state index contributed by atoms with van der Waals surface area (Å²) < 4.78 is 54.3. The molecule has 0 bridgehead atoms. The maximum Gasteiger partial charge on any atom is 0.471 e. The first-order valence-electron chi connectivity index (χ1n) is 13.4. The Kier molecular flexibility index (Phi) is 7.93. The van der Waals surface area contributed by atoms with Gasteiger partial charge in [0.25, 0.3) is 5.91 Å². The highest BCUT2D eigenvalue weighted by Crippen LogP contribution is 2.32. The molecule has 0 radical (unpaired) electrons. The lowest BCUT2D eigenvalue weighted by atomic mass is 9.88. The zero-order valence-electron chi connectivity index (χ0n) is 21.6. The monoisotopic (exact) mass is 544 g/mol. The van der Waals surface area contributed by atoms with E-state index in [-0.39, 0.29) is 18.4 Å². The molecule has 2 aliphatic heterocycles. The van der Waals surface area contributed by atoms with Gasteiger partial charge in [-0.2, -0.15) is 13.2 Å². The lowest BCUT2D eigenvalue weighted by molar-refractivity contribution is -0.173. The first-order chi connectivity index (χ1) is 18.7. The average Bonchev–Trinajstić information content (AvgIpc) is 3.58. The minimum absolute atomic E-state index is 0.0475. The average molecular weight is 545 g/mol. The predicted octanol–water partition coefficient (Wildman–Crippen LogP) is 5.07. The number of carbonyl (C=O) groups excluding carboxylic acids is 2. The number of carbonyl (C=O) groups is 2. The Balaban J connectivity index is 1.24. The van der Waals surface area contributed by atoms with Gasteiger partial charge in [-0.25, -0.2) is 4.39 Å². The van der Waals surface area contributed by atoms with E-state index in [1.54, 1.807) is 4.90 Å². The molecule has 2 fully saturated rings. The Bertz CT molecular complexity index is 1340. The molecule has 2 amide bonds. The number of benzene rings is 2. The van der Waals surface area contributed by atoms with E-state index in [2.05, 4.69) is 9.47 Å². The van der Waals surface area contributed by atoms with Crippen molar-refractivity contribution in [3.05, 3.63) is 71.2 Å². The van der Waals surface area contributed by atoms with Crippen molar-refractivity contribution < 1.29 is 27.2 Å². The van der Waals surface area contributed by atoms with Gasteiger partial charge in [0.15, 0.2) is 0 Å². The van der Waals surface area contributed by atoms with E-state index in [0.717, 1.165) is 37.1 Å². The summed E-state index contributed by atoms with van der Waals surface area (Å²) in [5, 5.41) is 2.75. The Labute approximate surface area is 224 Å².